The molecule has 4 N–H and O–H groups in total. The number of thiazole rings is 1. The van der Waals surface area contributed by atoms with Gasteiger partial charge >= 0.3 is 0 Å². The van der Waals surface area contributed by atoms with Gasteiger partial charge in [0, 0.05) is 66.4 Å². The Morgan fingerprint density at radius 1 is 0.932 bits per heavy atom. The number of benzene rings is 3. The number of H-pyrrole nitrogens is 1. The molecule has 2 aromatic heterocycles. The summed E-state index contributed by atoms with van der Waals surface area (Å²) >= 11 is 1.56. The predicted molar refractivity (Wildman–Crippen MR) is 279 cm³/mol. The molecule has 19 heteroatoms. The van der Waals surface area contributed by atoms with Gasteiger partial charge in [-0.2, -0.15) is 0 Å². The molecule has 2 aliphatic heterocycles. The number of fused-ring (bicyclic) bond motifs is 3. The molecule has 1 fully saturated rings. The van der Waals surface area contributed by atoms with Crippen molar-refractivity contribution in [1.29, 1.82) is 0 Å². The van der Waals surface area contributed by atoms with Crippen LogP contribution in [0.1, 0.15) is 88.1 Å². The fourth-order valence-electron chi connectivity index (χ4n) is 9.86. The lowest BCUT2D eigenvalue weighted by Crippen LogP contribution is -2.58. The number of hydrogen-bond donors (Lipinski definition) is 4. The summed E-state index contributed by atoms with van der Waals surface area (Å²) < 4.78 is 69.6. The number of nitrogens with zero attached hydrogens (tertiary/aromatic N) is 4. The molecule has 7 rings (SSSR count). The van der Waals surface area contributed by atoms with Crippen LogP contribution in [0, 0.1) is 24.0 Å². The van der Waals surface area contributed by atoms with Gasteiger partial charge in [0.2, 0.25) is 17.7 Å². The minimum atomic E-state index is -1.61. The first-order valence-electron chi connectivity index (χ1n) is 25.2. The monoisotopic (exact) mass is 1050 g/mol. The van der Waals surface area contributed by atoms with Gasteiger partial charge in [-0.3, -0.25) is 19.3 Å². The Hall–Kier alpha value is -5.41. The first kappa shape index (κ1) is 56.3. The zero-order valence-corrected chi connectivity index (χ0v) is 44.8. The van der Waals surface area contributed by atoms with E-state index in [0.29, 0.717) is 18.7 Å². The van der Waals surface area contributed by atoms with Crippen LogP contribution >= 0.6 is 11.3 Å². The smallest absolute Gasteiger partial charge is 0.246 e. The van der Waals surface area contributed by atoms with Gasteiger partial charge < -0.3 is 49.5 Å². The lowest BCUT2D eigenvalue weighted by Gasteiger charge is -2.43. The number of β-amino-alcohol motifs (C(OH)–C–C–N with tert-alkyl or cyclic N) is 1. The minimum Gasteiger partial charge on any atom is -0.491 e. The molecule has 74 heavy (non-hydrogen) atoms. The quantitative estimate of drug-likeness (QED) is 0.0485. The summed E-state index contributed by atoms with van der Waals surface area (Å²) in [6, 6.07) is 14.5. The molecule has 1 saturated heterocycles. The molecule has 0 spiro atoms. The molecule has 0 radical (unpaired) electrons. The van der Waals surface area contributed by atoms with Crippen LogP contribution < -0.4 is 15.4 Å². The Kier molecular flexibility index (Phi) is 18.7. The van der Waals surface area contributed by atoms with Crippen LogP contribution in [0.4, 0.5) is 13.2 Å². The highest BCUT2D eigenvalue weighted by atomic mass is 32.1. The van der Waals surface area contributed by atoms with E-state index in [9.17, 15) is 19.5 Å². The second-order valence-electron chi connectivity index (χ2n) is 21.3. The van der Waals surface area contributed by atoms with Crippen LogP contribution in [0.15, 0.2) is 66.2 Å². The molecular weight excluding hydrogens is 976 g/mol. The SMILES string of the molecule is Cc1ncsc1-c1ccc([C@H](CN(C)C)NC(=O)[C@@H]2C[C@@H](O)CN2C(=O)[C@@H](NC(=O)COCCOCCOCCOc2cc(F)c(C3c4[nH]c5ccccc5c4C[C@@H](C)N3CC(C)(C)F)c(F)c2)C(C)(C)C)cc1. The van der Waals surface area contributed by atoms with Crippen molar-refractivity contribution < 1.29 is 51.6 Å². The number of carbonyl (C=O) groups excluding carboxylic acids is 3. The molecular formula is C55H72F3N7O8S. The second kappa shape index (κ2) is 24.5. The lowest BCUT2D eigenvalue weighted by atomic mass is 9.85. The highest BCUT2D eigenvalue weighted by molar-refractivity contribution is 7.13. The van der Waals surface area contributed by atoms with Gasteiger partial charge in [-0.1, -0.05) is 63.2 Å². The Morgan fingerprint density at radius 2 is 1.58 bits per heavy atom. The number of nitrogens with one attached hydrogen (secondary N) is 3. The number of aliphatic hydroxyl groups is 1. The van der Waals surface area contributed by atoms with Crippen molar-refractivity contribution >= 4 is 40.0 Å². The van der Waals surface area contributed by atoms with E-state index in [2.05, 4.69) is 20.6 Å². The van der Waals surface area contributed by atoms with E-state index in [1.807, 2.05) is 113 Å². The van der Waals surface area contributed by atoms with Crippen molar-refractivity contribution in [1.82, 2.24) is 35.3 Å². The van der Waals surface area contributed by atoms with Crippen LogP contribution in [-0.4, -0.2) is 157 Å². The Labute approximate surface area is 436 Å². The van der Waals surface area contributed by atoms with Crippen LogP contribution in [0.2, 0.25) is 0 Å². The second-order valence-corrected chi connectivity index (χ2v) is 22.2. The van der Waals surface area contributed by atoms with E-state index in [0.717, 1.165) is 50.3 Å². The van der Waals surface area contributed by atoms with Gasteiger partial charge in [-0.15, -0.1) is 11.3 Å². The van der Waals surface area contributed by atoms with Gasteiger partial charge in [0.05, 0.1) is 67.3 Å². The molecule has 5 aromatic rings. The molecule has 402 valence electrons. The van der Waals surface area contributed by atoms with Gasteiger partial charge in [0.1, 0.15) is 48.4 Å². The predicted octanol–water partition coefficient (Wildman–Crippen LogP) is 7.30. The van der Waals surface area contributed by atoms with Gasteiger partial charge in [-0.25, -0.2) is 18.2 Å². The number of amides is 3. The number of ether oxygens (including phenoxy) is 4. The molecule has 4 heterocycles. The number of aromatic amines is 1. The van der Waals surface area contributed by atoms with Crippen molar-refractivity contribution in [3.8, 4) is 16.2 Å². The summed E-state index contributed by atoms with van der Waals surface area (Å²) in [7, 11) is 3.82. The highest BCUT2D eigenvalue weighted by Crippen LogP contribution is 2.44. The summed E-state index contributed by atoms with van der Waals surface area (Å²) in [5, 5.41) is 17.7. The average Bonchev–Trinajstić information content (AvgIpc) is 4.05. The topological polar surface area (TPSA) is 171 Å². The summed E-state index contributed by atoms with van der Waals surface area (Å²) in [4.78, 5) is 55.3. The third kappa shape index (κ3) is 14.1. The summed E-state index contributed by atoms with van der Waals surface area (Å²) in [5.41, 5.74) is 4.59. The number of rotatable bonds is 23. The molecule has 0 aliphatic carbocycles. The number of carbonyl (C=O) groups is 3. The number of para-hydroxylation sites is 1. The van der Waals surface area contributed by atoms with E-state index in [1.54, 1.807) is 11.3 Å². The highest BCUT2D eigenvalue weighted by Gasteiger charge is 2.45. The number of aliphatic hydroxyl groups excluding tert-OH is 1. The Balaban J connectivity index is 0.832. The molecule has 6 atom stereocenters. The van der Waals surface area contributed by atoms with Crippen LogP contribution in [0.3, 0.4) is 0 Å². The number of aryl methyl sites for hydroxylation is 1. The molecule has 3 aromatic carbocycles. The number of alkyl halides is 1. The maximum absolute atomic E-state index is 16.0. The Morgan fingerprint density at radius 3 is 2.20 bits per heavy atom. The third-order valence-electron chi connectivity index (χ3n) is 13.3. The largest absolute Gasteiger partial charge is 0.491 e. The number of likely N-dealkylation sites (N-methyl/N-ethyl adjacent to an activating group) is 1. The van der Waals surface area contributed by atoms with E-state index in [1.165, 1.54) is 18.7 Å². The molecule has 0 bridgehead atoms. The standard InChI is InChI=1S/C55H72F3N7O8S/c1-33-24-40-39-12-10-11-13-43(39)60-48(40)49(65(33)31-55(6,7)58)47-41(56)26-38(27-42(47)57)73-23-22-71-19-18-70-20-21-72-30-46(67)62-51(54(3,4)5)53(69)64-28-37(66)25-45(64)52(68)61-44(29-63(8)9)35-14-16-36(17-15-35)50-34(2)59-32-74-50/h10-17,26-27,32-33,37,44-45,49,51,60,66H,18-25,28-31H2,1-9H3,(H,61,68)(H,62,67)/t33-,37-,44+,45+,49?,51-/m1/s1. The van der Waals surface area contributed by atoms with Gasteiger partial charge in [0.25, 0.3) is 0 Å². The van der Waals surface area contributed by atoms with E-state index in [-0.39, 0.29) is 83.1 Å². The zero-order valence-electron chi connectivity index (χ0n) is 43.9. The Bertz CT molecular complexity index is 2680. The van der Waals surface area contributed by atoms with Crippen molar-refractivity contribution in [2.45, 2.75) is 103 Å². The zero-order chi connectivity index (χ0) is 53.5. The molecule has 3 amide bonds. The number of likely N-dealkylation sites (tertiary alicyclic amines) is 1. The summed E-state index contributed by atoms with van der Waals surface area (Å²) in [6.45, 7) is 13.0. The number of aromatic nitrogens is 2. The van der Waals surface area contributed by atoms with E-state index < -0.39 is 70.7 Å². The van der Waals surface area contributed by atoms with Crippen molar-refractivity contribution in [2.24, 2.45) is 5.41 Å². The summed E-state index contributed by atoms with van der Waals surface area (Å²) in [6.07, 6.45) is -0.273. The van der Waals surface area contributed by atoms with Crippen molar-refractivity contribution in [3.05, 3.63) is 106 Å². The maximum Gasteiger partial charge on any atom is 0.246 e. The van der Waals surface area contributed by atoms with Gasteiger partial charge in [0.15, 0.2) is 0 Å². The lowest BCUT2D eigenvalue weighted by molar-refractivity contribution is -0.144. The summed E-state index contributed by atoms with van der Waals surface area (Å²) in [5.74, 6) is -3.02. The fourth-order valence-corrected chi connectivity index (χ4v) is 10.7. The van der Waals surface area contributed by atoms with Crippen molar-refractivity contribution in [2.75, 3.05) is 80.0 Å². The van der Waals surface area contributed by atoms with E-state index in [4.69, 9.17) is 18.9 Å². The van der Waals surface area contributed by atoms with Crippen LogP contribution in [-0.2, 0) is 35.0 Å². The van der Waals surface area contributed by atoms with Crippen LogP contribution in [0.25, 0.3) is 21.3 Å². The molecule has 15 nitrogen and oxygen atoms in total. The molecule has 1 unspecified atom stereocenters. The molecule has 2 aliphatic rings. The third-order valence-corrected chi connectivity index (χ3v) is 14.3. The van der Waals surface area contributed by atoms with Crippen molar-refractivity contribution in [3.63, 3.8) is 0 Å². The first-order valence-corrected chi connectivity index (χ1v) is 26.1. The fraction of sp³-hybridized carbons (Fsp3) is 0.527. The van der Waals surface area contributed by atoms with E-state index >= 15 is 13.2 Å². The normalized spacial score (nSPS) is 19.2. The number of hydrogen-bond acceptors (Lipinski definition) is 12. The minimum absolute atomic E-state index is 0.00605. The first-order chi connectivity index (χ1) is 35.1. The van der Waals surface area contributed by atoms with Crippen LogP contribution in [0.5, 0.6) is 5.75 Å². The average molecular weight is 1050 g/mol. The van der Waals surface area contributed by atoms with Gasteiger partial charge in [-0.05, 0) is 76.4 Å². The maximum atomic E-state index is 16.0. The molecule has 0 saturated carbocycles. The number of halogens is 3.